The highest BCUT2D eigenvalue weighted by Gasteiger charge is 2.31. The van der Waals surface area contributed by atoms with Crippen LogP contribution < -0.4 is 27.8 Å². The third-order valence-electron chi connectivity index (χ3n) is 3.11. The molecule has 0 aromatic carbocycles. The summed E-state index contributed by atoms with van der Waals surface area (Å²) in [4.78, 5) is 56.5. The van der Waals surface area contributed by atoms with Crippen molar-refractivity contribution in [2.45, 2.75) is 50.4 Å². The summed E-state index contributed by atoms with van der Waals surface area (Å²) in [6, 6.07) is -4.31. The average Bonchev–Trinajstić information content (AvgIpc) is 2.46. The molecule has 4 unspecified atom stereocenters. The fraction of sp³-hybridized carbons (Fsp3) is 0.615. The molecule has 0 saturated heterocycles. The molecule has 0 bridgehead atoms. The highest BCUT2D eigenvalue weighted by molar-refractivity contribution is 5.93. The van der Waals surface area contributed by atoms with Gasteiger partial charge in [0.15, 0.2) is 0 Å². The van der Waals surface area contributed by atoms with Crippen molar-refractivity contribution in [1.82, 2.24) is 10.6 Å². The molecular weight excluding hydrogens is 338 g/mol. The van der Waals surface area contributed by atoms with Gasteiger partial charge in [-0.05, 0) is 13.3 Å². The average molecular weight is 361 g/mol. The van der Waals surface area contributed by atoms with Gasteiger partial charge in [-0.3, -0.25) is 19.2 Å². The topological polar surface area (TPSA) is 228 Å². The first kappa shape index (κ1) is 22.3. The standard InChI is InChI=1S/C13H23N5O7/c1-5(19)10(18-11(22)6(14)4-9(16)21)12(23)17-7(13(24)25)2-3-8(15)20/h5-7,10,19H,2-4,14H2,1H3,(H2,15,20)(H2,16,21)(H,17,23)(H,18,22)(H,24,25). The maximum Gasteiger partial charge on any atom is 0.326 e. The largest absolute Gasteiger partial charge is 0.480 e. The summed E-state index contributed by atoms with van der Waals surface area (Å²) in [5.41, 5.74) is 15.3. The summed E-state index contributed by atoms with van der Waals surface area (Å²) in [6.07, 6.45) is -2.42. The van der Waals surface area contributed by atoms with Crippen LogP contribution in [0.25, 0.3) is 0 Å². The van der Waals surface area contributed by atoms with Crippen LogP contribution in [0, 0.1) is 0 Å². The van der Waals surface area contributed by atoms with E-state index in [2.05, 4.69) is 10.6 Å². The molecule has 0 aromatic heterocycles. The van der Waals surface area contributed by atoms with Crippen molar-refractivity contribution in [3.63, 3.8) is 0 Å². The van der Waals surface area contributed by atoms with Gasteiger partial charge in [0.25, 0.3) is 0 Å². The van der Waals surface area contributed by atoms with Crippen LogP contribution >= 0.6 is 0 Å². The second-order valence-electron chi connectivity index (χ2n) is 5.41. The van der Waals surface area contributed by atoms with Crippen molar-refractivity contribution in [3.8, 4) is 0 Å². The zero-order chi connectivity index (χ0) is 19.7. The van der Waals surface area contributed by atoms with Crippen LogP contribution in [-0.2, 0) is 24.0 Å². The first-order valence-corrected chi connectivity index (χ1v) is 7.29. The van der Waals surface area contributed by atoms with Crippen molar-refractivity contribution < 1.29 is 34.2 Å². The molecule has 0 aliphatic carbocycles. The van der Waals surface area contributed by atoms with E-state index < -0.39 is 60.2 Å². The summed E-state index contributed by atoms with van der Waals surface area (Å²) < 4.78 is 0. The lowest BCUT2D eigenvalue weighted by Crippen LogP contribution is -2.58. The van der Waals surface area contributed by atoms with Gasteiger partial charge in [0, 0.05) is 6.42 Å². The number of rotatable bonds is 11. The minimum atomic E-state index is -1.53. The molecule has 4 atom stereocenters. The highest BCUT2D eigenvalue weighted by Crippen LogP contribution is 2.01. The Labute approximate surface area is 143 Å². The minimum absolute atomic E-state index is 0.266. The molecule has 0 aliphatic rings. The molecule has 0 aliphatic heterocycles. The van der Waals surface area contributed by atoms with E-state index in [-0.39, 0.29) is 12.8 Å². The Morgan fingerprint density at radius 3 is 1.96 bits per heavy atom. The number of aliphatic hydroxyl groups is 1. The Morgan fingerprint density at radius 1 is 1.00 bits per heavy atom. The number of primary amides is 2. The first-order valence-electron chi connectivity index (χ1n) is 7.29. The Kier molecular flexibility index (Phi) is 9.09. The SMILES string of the molecule is CC(O)C(NC(=O)C(N)CC(N)=O)C(=O)NC(CCC(N)=O)C(=O)O. The van der Waals surface area contributed by atoms with Crippen molar-refractivity contribution in [2.24, 2.45) is 17.2 Å². The van der Waals surface area contributed by atoms with Crippen LogP contribution in [0.1, 0.15) is 26.2 Å². The second-order valence-corrected chi connectivity index (χ2v) is 5.41. The summed E-state index contributed by atoms with van der Waals surface area (Å²) in [5.74, 6) is -4.94. The fourth-order valence-electron chi connectivity index (χ4n) is 1.78. The summed E-state index contributed by atoms with van der Waals surface area (Å²) >= 11 is 0. The van der Waals surface area contributed by atoms with Crippen molar-refractivity contribution in [3.05, 3.63) is 0 Å². The van der Waals surface area contributed by atoms with E-state index in [1.54, 1.807) is 0 Å². The van der Waals surface area contributed by atoms with Gasteiger partial charge in [-0.2, -0.15) is 0 Å². The Bertz CT molecular complexity index is 537. The van der Waals surface area contributed by atoms with Crippen LogP contribution in [0.4, 0.5) is 0 Å². The number of hydrogen-bond acceptors (Lipinski definition) is 7. The Hall–Kier alpha value is -2.73. The zero-order valence-electron chi connectivity index (χ0n) is 13.6. The van der Waals surface area contributed by atoms with Crippen LogP contribution in [-0.4, -0.2) is 64.0 Å². The van der Waals surface area contributed by atoms with Gasteiger partial charge >= 0.3 is 5.97 Å². The number of amides is 4. The van der Waals surface area contributed by atoms with Crippen LogP contribution in [0.5, 0.6) is 0 Å². The molecule has 0 heterocycles. The highest BCUT2D eigenvalue weighted by atomic mass is 16.4. The number of aliphatic carboxylic acids is 1. The van der Waals surface area contributed by atoms with Gasteiger partial charge in [-0.1, -0.05) is 0 Å². The first-order chi connectivity index (χ1) is 11.5. The van der Waals surface area contributed by atoms with Crippen molar-refractivity contribution in [2.75, 3.05) is 0 Å². The molecule has 0 rings (SSSR count). The number of nitrogens with two attached hydrogens (primary N) is 3. The summed E-state index contributed by atoms with van der Waals surface area (Å²) in [6.45, 7) is 1.18. The number of carboxylic acids is 1. The van der Waals surface area contributed by atoms with Crippen molar-refractivity contribution in [1.29, 1.82) is 0 Å². The Balaban J connectivity index is 4.97. The van der Waals surface area contributed by atoms with E-state index in [0.29, 0.717) is 0 Å². The Morgan fingerprint density at radius 2 is 1.56 bits per heavy atom. The zero-order valence-corrected chi connectivity index (χ0v) is 13.6. The number of hydrogen-bond donors (Lipinski definition) is 7. The van der Waals surface area contributed by atoms with E-state index in [0.717, 1.165) is 0 Å². The van der Waals surface area contributed by atoms with Gasteiger partial charge in [-0.25, -0.2) is 4.79 Å². The van der Waals surface area contributed by atoms with E-state index in [4.69, 9.17) is 22.3 Å². The normalized spacial score (nSPS) is 15.3. The van der Waals surface area contributed by atoms with Gasteiger partial charge in [0.2, 0.25) is 23.6 Å². The van der Waals surface area contributed by atoms with Crippen LogP contribution in [0.15, 0.2) is 0 Å². The van der Waals surface area contributed by atoms with E-state index in [1.165, 1.54) is 6.92 Å². The molecule has 25 heavy (non-hydrogen) atoms. The predicted octanol–water partition coefficient (Wildman–Crippen LogP) is -4.11. The number of nitrogens with one attached hydrogen (secondary N) is 2. The molecule has 142 valence electrons. The fourth-order valence-corrected chi connectivity index (χ4v) is 1.78. The van der Waals surface area contributed by atoms with Crippen LogP contribution in [0.2, 0.25) is 0 Å². The minimum Gasteiger partial charge on any atom is -0.480 e. The lowest BCUT2D eigenvalue weighted by Gasteiger charge is -2.24. The number of carbonyl (C=O) groups is 5. The maximum absolute atomic E-state index is 12.1. The smallest absolute Gasteiger partial charge is 0.326 e. The summed E-state index contributed by atoms with van der Waals surface area (Å²) in [5, 5.41) is 22.9. The molecule has 0 saturated carbocycles. The molecule has 0 aromatic rings. The van der Waals surface area contributed by atoms with Gasteiger partial charge < -0.3 is 38.0 Å². The number of aliphatic hydroxyl groups excluding tert-OH is 1. The molecule has 10 N–H and O–H groups in total. The van der Waals surface area contributed by atoms with E-state index >= 15 is 0 Å². The molecule has 4 amide bonds. The molecular formula is C13H23N5O7. The molecule has 0 radical (unpaired) electrons. The third-order valence-corrected chi connectivity index (χ3v) is 3.11. The quantitative estimate of drug-likeness (QED) is 0.191. The number of carbonyl (C=O) groups excluding carboxylic acids is 4. The van der Waals surface area contributed by atoms with E-state index in [9.17, 15) is 29.1 Å². The van der Waals surface area contributed by atoms with Crippen molar-refractivity contribution >= 4 is 29.6 Å². The third kappa shape index (κ3) is 8.62. The second kappa shape index (κ2) is 10.2. The van der Waals surface area contributed by atoms with E-state index in [1.807, 2.05) is 0 Å². The molecule has 12 heteroatoms. The molecule has 12 nitrogen and oxygen atoms in total. The van der Waals surface area contributed by atoms with Gasteiger partial charge in [0.05, 0.1) is 18.6 Å². The lowest BCUT2D eigenvalue weighted by atomic mass is 10.1. The lowest BCUT2D eigenvalue weighted by molar-refractivity contribution is -0.143. The maximum atomic E-state index is 12.1. The van der Waals surface area contributed by atoms with Gasteiger partial charge in [0.1, 0.15) is 12.1 Å². The molecule has 0 spiro atoms. The van der Waals surface area contributed by atoms with Crippen LogP contribution in [0.3, 0.4) is 0 Å². The molecule has 0 fully saturated rings. The van der Waals surface area contributed by atoms with Gasteiger partial charge in [-0.15, -0.1) is 0 Å². The summed E-state index contributed by atoms with van der Waals surface area (Å²) in [7, 11) is 0. The number of carboxylic acid groups (broad SMARTS) is 1. The predicted molar refractivity (Wildman–Crippen MR) is 83.4 cm³/mol. The monoisotopic (exact) mass is 361 g/mol.